The van der Waals surface area contributed by atoms with Crippen LogP contribution in [0, 0.1) is 0 Å². The molecule has 0 fully saturated rings. The lowest BCUT2D eigenvalue weighted by atomic mass is 10.0. The zero-order valence-corrected chi connectivity index (χ0v) is 11.4. The largest absolute Gasteiger partial charge is 0.398 e. The number of nitrogen functional groups attached to an aromatic ring is 1. The molecule has 0 aromatic heterocycles. The number of anilines is 1. The van der Waals surface area contributed by atoms with Crippen molar-refractivity contribution in [3.05, 3.63) is 65.2 Å². The summed E-state index contributed by atoms with van der Waals surface area (Å²) in [5, 5.41) is 0. The molecule has 2 N–H and O–H groups in total. The first-order valence-corrected chi connectivity index (χ1v) is 6.96. The number of carbonyl (C=O) groups excluding carboxylic acids is 1. The number of aryl methyl sites for hydroxylation is 1. The second-order valence-electron chi connectivity index (χ2n) is 5.19. The van der Waals surface area contributed by atoms with E-state index >= 15 is 0 Å². The first-order chi connectivity index (χ1) is 9.75. The summed E-state index contributed by atoms with van der Waals surface area (Å²) in [7, 11) is 0. The van der Waals surface area contributed by atoms with Crippen molar-refractivity contribution in [3.8, 4) is 0 Å². The molecule has 1 heterocycles. The molecule has 3 rings (SSSR count). The Morgan fingerprint density at radius 1 is 1.00 bits per heavy atom. The van der Waals surface area contributed by atoms with E-state index in [1.807, 2.05) is 23.1 Å². The second kappa shape index (κ2) is 5.37. The normalized spacial score (nSPS) is 14.5. The lowest BCUT2D eigenvalue weighted by Gasteiger charge is -2.21. The highest BCUT2D eigenvalue weighted by Crippen LogP contribution is 2.21. The summed E-state index contributed by atoms with van der Waals surface area (Å²) in [6.45, 7) is 1.45. The van der Waals surface area contributed by atoms with Gasteiger partial charge in [0.25, 0.3) is 5.91 Å². The molecular formula is C17H18N2O. The van der Waals surface area contributed by atoms with Crippen LogP contribution in [0.4, 0.5) is 5.69 Å². The molecule has 0 saturated carbocycles. The van der Waals surface area contributed by atoms with Crippen LogP contribution in [0.15, 0.2) is 48.5 Å². The van der Waals surface area contributed by atoms with Gasteiger partial charge >= 0.3 is 0 Å². The molecule has 0 atom stereocenters. The maximum absolute atomic E-state index is 12.6. The van der Waals surface area contributed by atoms with Crippen LogP contribution in [0.5, 0.6) is 0 Å². The zero-order valence-electron chi connectivity index (χ0n) is 11.4. The molecule has 3 nitrogen and oxygen atoms in total. The van der Waals surface area contributed by atoms with Gasteiger partial charge in [-0.1, -0.05) is 36.4 Å². The van der Waals surface area contributed by atoms with Gasteiger partial charge in [-0.05, 0) is 36.1 Å². The summed E-state index contributed by atoms with van der Waals surface area (Å²) in [4.78, 5) is 14.5. The monoisotopic (exact) mass is 266 g/mol. The van der Waals surface area contributed by atoms with Crippen molar-refractivity contribution >= 4 is 11.6 Å². The quantitative estimate of drug-likeness (QED) is 0.807. The topological polar surface area (TPSA) is 46.3 Å². The standard InChI is InChI=1S/C17H18N2O/c18-16-10-4-3-9-15(16)17(20)19-11-5-8-13-6-1-2-7-14(13)12-19/h1-4,6-7,9-10H,5,8,11-12,18H2. The Bertz CT molecular complexity index is 636. The van der Waals surface area contributed by atoms with Gasteiger partial charge in [0.1, 0.15) is 0 Å². The molecule has 0 spiro atoms. The number of benzene rings is 2. The summed E-state index contributed by atoms with van der Waals surface area (Å²) < 4.78 is 0. The molecular weight excluding hydrogens is 248 g/mol. The number of fused-ring (bicyclic) bond motifs is 1. The molecule has 1 aliphatic rings. The van der Waals surface area contributed by atoms with Crippen LogP contribution in [-0.2, 0) is 13.0 Å². The molecule has 0 unspecified atom stereocenters. The summed E-state index contributed by atoms with van der Waals surface area (Å²) in [6.07, 6.45) is 2.03. The van der Waals surface area contributed by atoms with Crippen molar-refractivity contribution < 1.29 is 4.79 Å². The fourth-order valence-electron chi connectivity index (χ4n) is 2.74. The Balaban J connectivity index is 1.88. The second-order valence-corrected chi connectivity index (χ2v) is 5.19. The average Bonchev–Trinajstić information content (AvgIpc) is 2.69. The minimum absolute atomic E-state index is 0.0276. The van der Waals surface area contributed by atoms with Gasteiger partial charge in [-0.25, -0.2) is 0 Å². The van der Waals surface area contributed by atoms with Gasteiger partial charge in [0.2, 0.25) is 0 Å². The van der Waals surface area contributed by atoms with Gasteiger partial charge in [-0.2, -0.15) is 0 Å². The van der Waals surface area contributed by atoms with Gasteiger partial charge in [0.05, 0.1) is 5.56 Å². The van der Waals surface area contributed by atoms with E-state index in [0.717, 1.165) is 19.4 Å². The fourth-order valence-corrected chi connectivity index (χ4v) is 2.74. The van der Waals surface area contributed by atoms with Crippen LogP contribution < -0.4 is 5.73 Å². The van der Waals surface area contributed by atoms with Crippen molar-refractivity contribution in [2.24, 2.45) is 0 Å². The minimum Gasteiger partial charge on any atom is -0.398 e. The predicted octanol–water partition coefficient (Wildman–Crippen LogP) is 2.86. The third-order valence-electron chi connectivity index (χ3n) is 3.83. The molecule has 0 radical (unpaired) electrons. The Morgan fingerprint density at radius 3 is 2.50 bits per heavy atom. The van der Waals surface area contributed by atoms with E-state index in [-0.39, 0.29) is 5.91 Å². The molecule has 0 bridgehead atoms. The lowest BCUT2D eigenvalue weighted by molar-refractivity contribution is 0.0747. The molecule has 3 heteroatoms. The van der Waals surface area contributed by atoms with E-state index in [2.05, 4.69) is 18.2 Å². The van der Waals surface area contributed by atoms with Gasteiger partial charge in [0.15, 0.2) is 0 Å². The number of carbonyl (C=O) groups is 1. The van der Waals surface area contributed by atoms with E-state index in [9.17, 15) is 4.79 Å². The Hall–Kier alpha value is -2.29. The van der Waals surface area contributed by atoms with Crippen LogP contribution in [0.25, 0.3) is 0 Å². The van der Waals surface area contributed by atoms with Gasteiger partial charge in [-0.15, -0.1) is 0 Å². The minimum atomic E-state index is 0.0276. The van der Waals surface area contributed by atoms with Crippen molar-refractivity contribution in [3.63, 3.8) is 0 Å². The molecule has 102 valence electrons. The summed E-state index contributed by atoms with van der Waals surface area (Å²) >= 11 is 0. The molecule has 20 heavy (non-hydrogen) atoms. The highest BCUT2D eigenvalue weighted by Gasteiger charge is 2.21. The summed E-state index contributed by atoms with van der Waals surface area (Å²) in [5.41, 5.74) is 9.66. The van der Waals surface area contributed by atoms with Gasteiger partial charge < -0.3 is 10.6 Å². The maximum Gasteiger partial charge on any atom is 0.256 e. The maximum atomic E-state index is 12.6. The predicted molar refractivity (Wildman–Crippen MR) is 80.4 cm³/mol. The number of hydrogen-bond donors (Lipinski definition) is 1. The highest BCUT2D eigenvalue weighted by atomic mass is 16.2. The van der Waals surface area contributed by atoms with E-state index in [1.54, 1.807) is 12.1 Å². The fraction of sp³-hybridized carbons (Fsp3) is 0.235. The highest BCUT2D eigenvalue weighted by molar-refractivity contribution is 5.99. The summed E-state index contributed by atoms with van der Waals surface area (Å²) in [5.74, 6) is 0.0276. The van der Waals surface area contributed by atoms with Crippen molar-refractivity contribution in [2.75, 3.05) is 12.3 Å². The molecule has 1 aliphatic heterocycles. The van der Waals surface area contributed by atoms with Crippen molar-refractivity contribution in [2.45, 2.75) is 19.4 Å². The molecule has 0 saturated heterocycles. The lowest BCUT2D eigenvalue weighted by Crippen LogP contribution is -2.31. The van der Waals surface area contributed by atoms with E-state index in [4.69, 9.17) is 5.73 Å². The Labute approximate surface area is 119 Å². The average molecular weight is 266 g/mol. The van der Waals surface area contributed by atoms with Crippen LogP contribution >= 0.6 is 0 Å². The third kappa shape index (κ3) is 2.39. The van der Waals surface area contributed by atoms with Crippen LogP contribution in [0.1, 0.15) is 27.9 Å². The van der Waals surface area contributed by atoms with Crippen molar-refractivity contribution in [1.82, 2.24) is 4.90 Å². The Morgan fingerprint density at radius 2 is 1.70 bits per heavy atom. The zero-order chi connectivity index (χ0) is 13.9. The van der Waals surface area contributed by atoms with E-state index < -0.39 is 0 Å². The third-order valence-corrected chi connectivity index (χ3v) is 3.83. The molecule has 2 aromatic carbocycles. The van der Waals surface area contributed by atoms with Crippen molar-refractivity contribution in [1.29, 1.82) is 0 Å². The van der Waals surface area contributed by atoms with Crippen LogP contribution in [0.3, 0.4) is 0 Å². The molecule has 2 aromatic rings. The van der Waals surface area contributed by atoms with Gasteiger partial charge in [-0.3, -0.25) is 4.79 Å². The first-order valence-electron chi connectivity index (χ1n) is 6.96. The molecule has 0 aliphatic carbocycles. The number of nitrogens with two attached hydrogens (primary N) is 1. The number of amides is 1. The number of hydrogen-bond acceptors (Lipinski definition) is 2. The number of para-hydroxylation sites is 1. The number of nitrogens with zero attached hydrogens (tertiary/aromatic N) is 1. The SMILES string of the molecule is Nc1ccccc1C(=O)N1CCCc2ccccc2C1. The smallest absolute Gasteiger partial charge is 0.256 e. The molecule has 1 amide bonds. The Kier molecular flexibility index (Phi) is 3.42. The van der Waals surface area contributed by atoms with Crippen LogP contribution in [0.2, 0.25) is 0 Å². The van der Waals surface area contributed by atoms with E-state index in [1.165, 1.54) is 11.1 Å². The summed E-state index contributed by atoms with van der Waals surface area (Å²) in [6, 6.07) is 15.6. The van der Waals surface area contributed by atoms with E-state index in [0.29, 0.717) is 17.8 Å². The first kappa shape index (κ1) is 12.7. The van der Waals surface area contributed by atoms with Gasteiger partial charge in [0, 0.05) is 18.8 Å². The van der Waals surface area contributed by atoms with Crippen LogP contribution in [-0.4, -0.2) is 17.4 Å². The number of rotatable bonds is 1.